The van der Waals surface area contributed by atoms with Crippen molar-refractivity contribution in [1.82, 2.24) is 4.98 Å². The van der Waals surface area contributed by atoms with Gasteiger partial charge in [0.25, 0.3) is 0 Å². The van der Waals surface area contributed by atoms with E-state index in [4.69, 9.17) is 28.8 Å². The van der Waals surface area contributed by atoms with Gasteiger partial charge in [-0.2, -0.15) is 0 Å². The van der Waals surface area contributed by atoms with Crippen molar-refractivity contribution in [1.29, 1.82) is 0 Å². The Bertz CT molecular complexity index is 603. The van der Waals surface area contributed by atoms with Crippen LogP contribution in [0.25, 0.3) is 0 Å². The number of allylic oxidation sites excluding steroid dienone is 1. The SMILES string of the molecule is NC(=O)C1[C@@H]2C=C[C@@H](C2)[C@H]1Nc1c(Cl)cnc(N)c1N. The molecule has 1 unspecified atom stereocenters. The lowest BCUT2D eigenvalue weighted by Crippen LogP contribution is -2.41. The number of hydrogen-bond donors (Lipinski definition) is 4. The van der Waals surface area contributed by atoms with E-state index in [-0.39, 0.29) is 35.5 Å². The first-order chi connectivity index (χ1) is 9.49. The quantitative estimate of drug-likeness (QED) is 0.619. The highest BCUT2D eigenvalue weighted by atomic mass is 35.5. The topological polar surface area (TPSA) is 120 Å². The number of amides is 1. The van der Waals surface area contributed by atoms with Gasteiger partial charge in [-0.1, -0.05) is 23.8 Å². The molecule has 3 rings (SSSR count). The fourth-order valence-corrected chi connectivity index (χ4v) is 3.44. The third-order valence-electron chi connectivity index (χ3n) is 4.20. The highest BCUT2D eigenvalue weighted by Gasteiger charge is 2.47. The number of aromatic nitrogens is 1. The normalized spacial score (nSPS) is 30.6. The third-order valence-corrected chi connectivity index (χ3v) is 4.49. The maximum Gasteiger partial charge on any atom is 0.223 e. The molecule has 106 valence electrons. The van der Waals surface area contributed by atoms with Gasteiger partial charge in [0.2, 0.25) is 5.91 Å². The second-order valence-electron chi connectivity index (χ2n) is 5.33. The zero-order valence-electron chi connectivity index (χ0n) is 10.7. The Labute approximate surface area is 121 Å². The predicted molar refractivity (Wildman–Crippen MR) is 78.9 cm³/mol. The van der Waals surface area contributed by atoms with Crippen molar-refractivity contribution in [2.75, 3.05) is 16.8 Å². The molecule has 0 aromatic carbocycles. The molecule has 7 heteroatoms. The second kappa shape index (κ2) is 4.56. The molecular formula is C13H16ClN5O. The standard InChI is InChI=1S/C13H16ClN5O/c14-7-4-18-12(16)9(15)11(7)19-10-6-2-1-5(3-6)8(10)13(17)20/h1-2,4-6,8,10H,3,15H2,(H2,17,20)(H3,16,18,19)/t5-,6+,8?,10-/m1/s1. The third kappa shape index (κ3) is 1.87. The lowest BCUT2D eigenvalue weighted by molar-refractivity contribution is -0.122. The lowest BCUT2D eigenvalue weighted by Gasteiger charge is -2.28. The van der Waals surface area contributed by atoms with Crippen molar-refractivity contribution in [3.8, 4) is 0 Å². The number of fused-ring (bicyclic) bond motifs is 2. The average Bonchev–Trinajstić information content (AvgIpc) is 2.99. The lowest BCUT2D eigenvalue weighted by atomic mass is 9.88. The Morgan fingerprint density at radius 3 is 2.75 bits per heavy atom. The first-order valence-corrected chi connectivity index (χ1v) is 6.80. The molecule has 1 aromatic rings. The van der Waals surface area contributed by atoms with E-state index in [9.17, 15) is 4.79 Å². The summed E-state index contributed by atoms with van der Waals surface area (Å²) in [5.74, 6) is 0.0914. The van der Waals surface area contributed by atoms with Gasteiger partial charge in [0.05, 0.1) is 28.5 Å². The smallest absolute Gasteiger partial charge is 0.223 e. The minimum absolute atomic E-state index is 0.107. The number of anilines is 3. The second-order valence-corrected chi connectivity index (χ2v) is 5.73. The monoisotopic (exact) mass is 293 g/mol. The molecular weight excluding hydrogens is 278 g/mol. The molecule has 0 spiro atoms. The fraction of sp³-hybridized carbons (Fsp3) is 0.385. The molecule has 4 atom stereocenters. The van der Waals surface area contributed by atoms with Crippen molar-refractivity contribution >= 4 is 34.7 Å². The van der Waals surface area contributed by atoms with Crippen molar-refractivity contribution in [3.05, 3.63) is 23.4 Å². The summed E-state index contributed by atoms with van der Waals surface area (Å²) in [5, 5.41) is 3.63. The first-order valence-electron chi connectivity index (χ1n) is 6.42. The number of hydrogen-bond acceptors (Lipinski definition) is 5. The number of carbonyl (C=O) groups is 1. The minimum atomic E-state index is -0.309. The van der Waals surface area contributed by atoms with Crippen LogP contribution in [0.3, 0.4) is 0 Å². The Morgan fingerprint density at radius 2 is 2.05 bits per heavy atom. The van der Waals surface area contributed by atoms with Crippen molar-refractivity contribution in [2.24, 2.45) is 23.5 Å². The maximum atomic E-state index is 11.7. The molecule has 20 heavy (non-hydrogen) atoms. The van der Waals surface area contributed by atoms with Crippen LogP contribution in [0.15, 0.2) is 18.3 Å². The van der Waals surface area contributed by atoms with E-state index in [0.717, 1.165) is 6.42 Å². The van der Waals surface area contributed by atoms with E-state index in [1.807, 2.05) is 0 Å². The molecule has 2 bridgehead atoms. The minimum Gasteiger partial charge on any atom is -0.394 e. The molecule has 6 nitrogen and oxygen atoms in total. The molecule has 0 aliphatic heterocycles. The summed E-state index contributed by atoms with van der Waals surface area (Å²) >= 11 is 6.11. The molecule has 7 N–H and O–H groups in total. The molecule has 1 saturated carbocycles. The molecule has 2 aliphatic carbocycles. The van der Waals surface area contributed by atoms with Crippen LogP contribution in [0.4, 0.5) is 17.2 Å². The van der Waals surface area contributed by atoms with Gasteiger partial charge in [0.1, 0.15) is 5.82 Å². The van der Waals surface area contributed by atoms with E-state index < -0.39 is 0 Å². The van der Waals surface area contributed by atoms with Crippen LogP contribution in [0.2, 0.25) is 5.02 Å². The molecule has 1 aromatic heterocycles. The highest BCUT2D eigenvalue weighted by Crippen LogP contribution is 2.46. The average molecular weight is 294 g/mol. The summed E-state index contributed by atoms with van der Waals surface area (Å²) < 4.78 is 0. The van der Waals surface area contributed by atoms with Gasteiger partial charge in [-0.05, 0) is 18.3 Å². The van der Waals surface area contributed by atoms with Crippen molar-refractivity contribution in [3.63, 3.8) is 0 Å². The van der Waals surface area contributed by atoms with Crippen molar-refractivity contribution < 1.29 is 4.79 Å². The van der Waals surface area contributed by atoms with E-state index in [2.05, 4.69) is 22.5 Å². The predicted octanol–water partition coefficient (Wildman–Crippen LogP) is 0.987. The van der Waals surface area contributed by atoms with Crippen LogP contribution < -0.4 is 22.5 Å². The van der Waals surface area contributed by atoms with Gasteiger partial charge in [-0.3, -0.25) is 4.79 Å². The number of nitrogens with two attached hydrogens (primary N) is 3. The zero-order valence-corrected chi connectivity index (χ0v) is 11.5. The van der Waals surface area contributed by atoms with Crippen LogP contribution in [-0.2, 0) is 4.79 Å². The Balaban J connectivity index is 1.93. The van der Waals surface area contributed by atoms with Crippen LogP contribution in [0.5, 0.6) is 0 Å². The van der Waals surface area contributed by atoms with Gasteiger partial charge in [0.15, 0.2) is 0 Å². The zero-order chi connectivity index (χ0) is 14.4. The van der Waals surface area contributed by atoms with Crippen LogP contribution in [-0.4, -0.2) is 16.9 Å². The largest absolute Gasteiger partial charge is 0.394 e. The maximum absolute atomic E-state index is 11.7. The van der Waals surface area contributed by atoms with Gasteiger partial charge in [-0.15, -0.1) is 0 Å². The van der Waals surface area contributed by atoms with Gasteiger partial charge >= 0.3 is 0 Å². The number of nitrogens with zero attached hydrogens (tertiary/aromatic N) is 1. The molecule has 1 amide bonds. The van der Waals surface area contributed by atoms with E-state index in [1.54, 1.807) is 0 Å². The first kappa shape index (κ1) is 13.1. The van der Waals surface area contributed by atoms with E-state index >= 15 is 0 Å². The Kier molecular flexibility index (Phi) is 2.97. The van der Waals surface area contributed by atoms with Gasteiger partial charge in [-0.25, -0.2) is 4.98 Å². The van der Waals surface area contributed by atoms with Crippen LogP contribution in [0, 0.1) is 17.8 Å². The number of pyridine rings is 1. The summed E-state index contributed by atoms with van der Waals surface area (Å²) in [7, 11) is 0. The van der Waals surface area contributed by atoms with Crippen LogP contribution >= 0.6 is 11.6 Å². The molecule has 2 aliphatic rings. The highest BCUT2D eigenvalue weighted by molar-refractivity contribution is 6.34. The van der Waals surface area contributed by atoms with Crippen LogP contribution in [0.1, 0.15) is 6.42 Å². The molecule has 1 fully saturated rings. The fourth-order valence-electron chi connectivity index (χ4n) is 3.24. The Morgan fingerprint density at radius 1 is 1.35 bits per heavy atom. The molecule has 0 radical (unpaired) electrons. The summed E-state index contributed by atoms with van der Waals surface area (Å²) in [6.07, 6.45) is 6.53. The number of nitrogens with one attached hydrogen (secondary N) is 1. The summed E-state index contributed by atoms with van der Waals surface area (Å²) in [6, 6.07) is -0.107. The molecule has 1 heterocycles. The number of halogens is 1. The number of nitrogen functional groups attached to an aromatic ring is 2. The Hall–Kier alpha value is -1.95. The van der Waals surface area contributed by atoms with Gasteiger partial charge in [0, 0.05) is 6.04 Å². The summed E-state index contributed by atoms with van der Waals surface area (Å²) in [4.78, 5) is 15.6. The number of primary amides is 1. The summed E-state index contributed by atoms with van der Waals surface area (Å²) in [6.45, 7) is 0. The van der Waals surface area contributed by atoms with Gasteiger partial charge < -0.3 is 22.5 Å². The van der Waals surface area contributed by atoms with E-state index in [0.29, 0.717) is 16.4 Å². The summed E-state index contributed by atoms with van der Waals surface area (Å²) in [5.41, 5.74) is 17.9. The van der Waals surface area contributed by atoms with E-state index in [1.165, 1.54) is 6.20 Å². The number of carbonyl (C=O) groups excluding carboxylic acids is 1. The molecule has 0 saturated heterocycles. The number of rotatable bonds is 3. The van der Waals surface area contributed by atoms with Crippen molar-refractivity contribution in [2.45, 2.75) is 12.5 Å².